The predicted octanol–water partition coefficient (Wildman–Crippen LogP) is 3.27. The summed E-state index contributed by atoms with van der Waals surface area (Å²) in [6.45, 7) is 1.72. The molecule has 3 rings (SSSR count). The monoisotopic (exact) mass is 381 g/mol. The number of aryl methyl sites for hydroxylation is 1. The first-order valence-electron chi connectivity index (χ1n) is 7.18. The van der Waals surface area contributed by atoms with Crippen LogP contribution in [0.5, 0.6) is 0 Å². The zero-order chi connectivity index (χ0) is 18.0. The average Bonchev–Trinajstić information content (AvgIpc) is 2.94. The zero-order valence-electron chi connectivity index (χ0n) is 13.0. The van der Waals surface area contributed by atoms with Gasteiger partial charge in [0.1, 0.15) is 21.5 Å². The molecule has 25 heavy (non-hydrogen) atoms. The summed E-state index contributed by atoms with van der Waals surface area (Å²) in [7, 11) is -4.10. The number of nitrogens with one attached hydrogen (secondary N) is 1. The summed E-state index contributed by atoms with van der Waals surface area (Å²) < 4.78 is 53.4. The van der Waals surface area contributed by atoms with Gasteiger partial charge in [0.25, 0.3) is 0 Å². The van der Waals surface area contributed by atoms with Crippen molar-refractivity contribution in [3.05, 3.63) is 64.9 Å². The number of nitrogens with zero attached hydrogens (tertiary/aromatic N) is 2. The van der Waals surface area contributed by atoms with Crippen molar-refractivity contribution in [1.82, 2.24) is 14.7 Å². The molecule has 0 aliphatic carbocycles. The van der Waals surface area contributed by atoms with E-state index in [1.807, 2.05) is 6.07 Å². The number of thiazole rings is 1. The van der Waals surface area contributed by atoms with Crippen molar-refractivity contribution in [2.75, 3.05) is 0 Å². The Morgan fingerprint density at radius 1 is 1.24 bits per heavy atom. The lowest BCUT2D eigenvalue weighted by atomic mass is 10.3. The third-order valence-electron chi connectivity index (χ3n) is 3.41. The summed E-state index contributed by atoms with van der Waals surface area (Å²) in [6, 6.07) is 5.97. The maximum atomic E-state index is 13.7. The fourth-order valence-electron chi connectivity index (χ4n) is 2.14. The summed E-state index contributed by atoms with van der Waals surface area (Å²) in [5.41, 5.74) is 1.50. The zero-order valence-corrected chi connectivity index (χ0v) is 14.7. The van der Waals surface area contributed by atoms with Crippen LogP contribution in [0, 0.1) is 18.6 Å². The predicted molar refractivity (Wildman–Crippen MR) is 90.5 cm³/mol. The van der Waals surface area contributed by atoms with Crippen molar-refractivity contribution >= 4 is 21.4 Å². The second kappa shape index (κ2) is 6.95. The van der Waals surface area contributed by atoms with Crippen LogP contribution in [0.25, 0.3) is 10.6 Å². The molecule has 0 saturated carbocycles. The normalized spacial score (nSPS) is 11.6. The third kappa shape index (κ3) is 3.89. The maximum Gasteiger partial charge on any atom is 0.243 e. The number of aromatic nitrogens is 2. The molecule has 0 saturated heterocycles. The summed E-state index contributed by atoms with van der Waals surface area (Å²) >= 11 is 1.32. The lowest BCUT2D eigenvalue weighted by Gasteiger charge is -2.07. The molecule has 2 aromatic heterocycles. The SMILES string of the molecule is Cc1nc(-c2cccnc2)sc1CNS(=O)(=O)c1ccc(F)cc1F. The van der Waals surface area contributed by atoms with Crippen LogP contribution in [0.3, 0.4) is 0 Å². The molecule has 1 aromatic carbocycles. The van der Waals surface area contributed by atoms with Gasteiger partial charge >= 0.3 is 0 Å². The summed E-state index contributed by atoms with van der Waals surface area (Å²) in [4.78, 5) is 8.53. The molecule has 0 fully saturated rings. The van der Waals surface area contributed by atoms with Crippen LogP contribution in [-0.4, -0.2) is 18.4 Å². The van der Waals surface area contributed by atoms with Crippen molar-refractivity contribution in [3.63, 3.8) is 0 Å². The molecule has 0 radical (unpaired) electrons. The summed E-state index contributed by atoms with van der Waals surface area (Å²) in [5, 5.41) is 0.716. The van der Waals surface area contributed by atoms with E-state index in [-0.39, 0.29) is 6.54 Å². The molecule has 2 heterocycles. The molecule has 0 amide bonds. The van der Waals surface area contributed by atoms with Gasteiger partial charge in [0.05, 0.1) is 5.69 Å². The average molecular weight is 381 g/mol. The highest BCUT2D eigenvalue weighted by molar-refractivity contribution is 7.89. The lowest BCUT2D eigenvalue weighted by molar-refractivity contribution is 0.543. The van der Waals surface area contributed by atoms with E-state index in [0.29, 0.717) is 21.6 Å². The molecule has 0 unspecified atom stereocenters. The molecule has 1 N–H and O–H groups in total. The van der Waals surface area contributed by atoms with Gasteiger partial charge in [0.15, 0.2) is 0 Å². The largest absolute Gasteiger partial charge is 0.264 e. The van der Waals surface area contributed by atoms with Crippen molar-refractivity contribution in [2.24, 2.45) is 0 Å². The first-order chi connectivity index (χ1) is 11.9. The molecular weight excluding hydrogens is 368 g/mol. The standard InChI is InChI=1S/C16H13F2N3O2S2/c1-10-14(24-16(21-10)11-3-2-6-19-8-11)9-20-25(22,23)15-5-4-12(17)7-13(15)18/h2-8,20H,9H2,1H3. The van der Waals surface area contributed by atoms with Crippen molar-refractivity contribution in [3.8, 4) is 10.6 Å². The molecule has 3 aromatic rings. The van der Waals surface area contributed by atoms with Crippen molar-refractivity contribution in [1.29, 1.82) is 0 Å². The van der Waals surface area contributed by atoms with E-state index < -0.39 is 26.6 Å². The lowest BCUT2D eigenvalue weighted by Crippen LogP contribution is -2.24. The minimum absolute atomic E-state index is 0.0388. The van der Waals surface area contributed by atoms with Gasteiger partial charge in [-0.25, -0.2) is 26.9 Å². The molecule has 0 bridgehead atoms. The van der Waals surface area contributed by atoms with Crippen LogP contribution in [0.4, 0.5) is 8.78 Å². The minimum atomic E-state index is -4.10. The Kier molecular flexibility index (Phi) is 4.89. The second-order valence-electron chi connectivity index (χ2n) is 5.17. The number of pyridine rings is 1. The van der Waals surface area contributed by atoms with Gasteiger partial charge in [-0.05, 0) is 31.2 Å². The molecular formula is C16H13F2N3O2S2. The quantitative estimate of drug-likeness (QED) is 0.736. The first kappa shape index (κ1) is 17.6. The van der Waals surface area contributed by atoms with E-state index >= 15 is 0 Å². The highest BCUT2D eigenvalue weighted by Crippen LogP contribution is 2.27. The van der Waals surface area contributed by atoms with Gasteiger partial charge in [-0.15, -0.1) is 11.3 Å². The Bertz CT molecular complexity index is 1010. The van der Waals surface area contributed by atoms with E-state index in [0.717, 1.165) is 17.7 Å². The molecule has 130 valence electrons. The number of rotatable bonds is 5. The Labute approximate surface area is 147 Å². The first-order valence-corrected chi connectivity index (χ1v) is 9.48. The minimum Gasteiger partial charge on any atom is -0.264 e. The van der Waals surface area contributed by atoms with Gasteiger partial charge in [0.2, 0.25) is 10.0 Å². The second-order valence-corrected chi connectivity index (χ2v) is 7.99. The van der Waals surface area contributed by atoms with E-state index in [4.69, 9.17) is 0 Å². The fourth-order valence-corrected chi connectivity index (χ4v) is 4.27. The number of halogens is 2. The number of hydrogen-bond donors (Lipinski definition) is 1. The van der Waals surface area contributed by atoms with Crippen LogP contribution in [0.1, 0.15) is 10.6 Å². The van der Waals surface area contributed by atoms with Gasteiger partial charge in [0, 0.05) is 35.4 Å². The van der Waals surface area contributed by atoms with E-state index in [1.54, 1.807) is 25.4 Å². The van der Waals surface area contributed by atoms with Gasteiger partial charge in [-0.2, -0.15) is 0 Å². The van der Waals surface area contributed by atoms with Crippen molar-refractivity contribution in [2.45, 2.75) is 18.4 Å². The highest BCUT2D eigenvalue weighted by Gasteiger charge is 2.20. The van der Waals surface area contributed by atoms with Crippen LogP contribution in [0.15, 0.2) is 47.6 Å². The Morgan fingerprint density at radius 2 is 2.04 bits per heavy atom. The summed E-state index contributed by atoms with van der Waals surface area (Å²) in [6.07, 6.45) is 3.32. The molecule has 5 nitrogen and oxygen atoms in total. The Balaban J connectivity index is 1.80. The van der Waals surface area contributed by atoms with Crippen LogP contribution >= 0.6 is 11.3 Å². The molecule has 9 heteroatoms. The van der Waals surface area contributed by atoms with E-state index in [1.165, 1.54) is 11.3 Å². The molecule has 0 aliphatic rings. The number of benzene rings is 1. The highest BCUT2D eigenvalue weighted by atomic mass is 32.2. The Morgan fingerprint density at radius 3 is 2.72 bits per heavy atom. The van der Waals surface area contributed by atoms with Crippen molar-refractivity contribution < 1.29 is 17.2 Å². The topological polar surface area (TPSA) is 72.0 Å². The van der Waals surface area contributed by atoms with Crippen LogP contribution in [-0.2, 0) is 16.6 Å². The van der Waals surface area contributed by atoms with Gasteiger partial charge in [-0.3, -0.25) is 4.98 Å². The summed E-state index contributed by atoms with van der Waals surface area (Å²) in [5.74, 6) is -1.97. The van der Waals surface area contributed by atoms with Gasteiger partial charge < -0.3 is 0 Å². The number of sulfonamides is 1. The smallest absolute Gasteiger partial charge is 0.243 e. The maximum absolute atomic E-state index is 13.7. The number of hydrogen-bond acceptors (Lipinski definition) is 5. The molecule has 0 aliphatic heterocycles. The molecule has 0 spiro atoms. The van der Waals surface area contributed by atoms with Crippen LogP contribution in [0.2, 0.25) is 0 Å². The van der Waals surface area contributed by atoms with Gasteiger partial charge in [-0.1, -0.05) is 0 Å². The van der Waals surface area contributed by atoms with Crippen LogP contribution < -0.4 is 4.72 Å². The Hall–Kier alpha value is -2.23. The molecule has 0 atom stereocenters. The van der Waals surface area contributed by atoms with E-state index in [9.17, 15) is 17.2 Å². The fraction of sp³-hybridized carbons (Fsp3) is 0.125. The van der Waals surface area contributed by atoms with E-state index in [2.05, 4.69) is 14.7 Å². The third-order valence-corrected chi connectivity index (χ3v) is 6.05.